The summed E-state index contributed by atoms with van der Waals surface area (Å²) in [6.07, 6.45) is 0.0761. The number of methoxy groups -OCH3 is 2. The number of anilines is 2. The molecule has 0 aliphatic carbocycles. The molecular formula is C22H21FN2O5S. The molecule has 3 rings (SSSR count). The van der Waals surface area contributed by atoms with Crippen molar-refractivity contribution < 1.29 is 27.1 Å². The Bertz CT molecular complexity index is 1180. The molecule has 9 heteroatoms. The Labute approximate surface area is 179 Å². The Morgan fingerprint density at radius 3 is 2.29 bits per heavy atom. The minimum Gasteiger partial charge on any atom is -0.496 e. The van der Waals surface area contributed by atoms with Crippen LogP contribution < -0.4 is 19.5 Å². The van der Waals surface area contributed by atoms with Gasteiger partial charge in [0.05, 0.1) is 31.2 Å². The van der Waals surface area contributed by atoms with E-state index in [-0.39, 0.29) is 28.7 Å². The molecule has 2 N–H and O–H groups in total. The summed E-state index contributed by atoms with van der Waals surface area (Å²) in [5.41, 5.74) is 1.22. The van der Waals surface area contributed by atoms with Crippen LogP contribution in [0, 0.1) is 5.82 Å². The highest BCUT2D eigenvalue weighted by molar-refractivity contribution is 7.92. The van der Waals surface area contributed by atoms with Gasteiger partial charge in [0.15, 0.2) is 0 Å². The Hall–Kier alpha value is -3.59. The lowest BCUT2D eigenvalue weighted by molar-refractivity contribution is -0.115. The number of benzene rings is 3. The van der Waals surface area contributed by atoms with Crippen LogP contribution in [0.4, 0.5) is 15.8 Å². The molecule has 162 valence electrons. The Morgan fingerprint density at radius 2 is 1.61 bits per heavy atom. The van der Waals surface area contributed by atoms with E-state index in [1.54, 1.807) is 24.3 Å². The van der Waals surface area contributed by atoms with Crippen LogP contribution in [0.5, 0.6) is 11.5 Å². The van der Waals surface area contributed by atoms with E-state index in [1.165, 1.54) is 26.4 Å². The SMILES string of the molecule is COc1ccccc1CC(=O)Nc1ccc(OC)c(NS(=O)(=O)c2ccc(F)cc2)c1. The Kier molecular flexibility index (Phi) is 6.76. The van der Waals surface area contributed by atoms with Gasteiger partial charge < -0.3 is 14.8 Å². The number of amides is 1. The molecule has 0 heterocycles. The van der Waals surface area contributed by atoms with Crippen LogP contribution in [0.2, 0.25) is 0 Å². The second-order valence-electron chi connectivity index (χ2n) is 6.51. The number of nitrogens with one attached hydrogen (secondary N) is 2. The highest BCUT2D eigenvalue weighted by Crippen LogP contribution is 2.30. The highest BCUT2D eigenvalue weighted by Gasteiger charge is 2.18. The van der Waals surface area contributed by atoms with Crippen molar-refractivity contribution in [1.29, 1.82) is 0 Å². The van der Waals surface area contributed by atoms with E-state index >= 15 is 0 Å². The van der Waals surface area contributed by atoms with Gasteiger partial charge >= 0.3 is 0 Å². The van der Waals surface area contributed by atoms with E-state index in [4.69, 9.17) is 9.47 Å². The first-order valence-electron chi connectivity index (χ1n) is 9.20. The van der Waals surface area contributed by atoms with Crippen LogP contribution in [0.15, 0.2) is 71.6 Å². The van der Waals surface area contributed by atoms with Gasteiger partial charge in [-0.3, -0.25) is 9.52 Å². The van der Waals surface area contributed by atoms with Gasteiger partial charge in [0.1, 0.15) is 17.3 Å². The second kappa shape index (κ2) is 9.48. The average molecular weight is 444 g/mol. The normalized spacial score (nSPS) is 10.9. The molecule has 0 saturated heterocycles. The van der Waals surface area contributed by atoms with Gasteiger partial charge in [-0.1, -0.05) is 18.2 Å². The number of hydrogen-bond acceptors (Lipinski definition) is 5. The van der Waals surface area contributed by atoms with Crippen molar-refractivity contribution in [3.63, 3.8) is 0 Å². The van der Waals surface area contributed by atoms with Crippen molar-refractivity contribution in [3.05, 3.63) is 78.1 Å². The van der Waals surface area contributed by atoms with Gasteiger partial charge in [0, 0.05) is 11.3 Å². The number of rotatable bonds is 8. The van der Waals surface area contributed by atoms with E-state index in [0.29, 0.717) is 17.0 Å². The number of sulfonamides is 1. The van der Waals surface area contributed by atoms with Crippen LogP contribution in [0.25, 0.3) is 0 Å². The third-order valence-electron chi connectivity index (χ3n) is 4.40. The molecule has 0 bridgehead atoms. The molecule has 0 atom stereocenters. The second-order valence-corrected chi connectivity index (χ2v) is 8.19. The fourth-order valence-corrected chi connectivity index (χ4v) is 3.97. The lowest BCUT2D eigenvalue weighted by atomic mass is 10.1. The summed E-state index contributed by atoms with van der Waals surface area (Å²) in [7, 11) is -1.07. The van der Waals surface area contributed by atoms with Crippen molar-refractivity contribution in [2.24, 2.45) is 0 Å². The summed E-state index contributed by atoms with van der Waals surface area (Å²) in [5.74, 6) is 0.00633. The number of ether oxygens (including phenoxy) is 2. The standard InChI is InChI=1S/C22H21FN2O5S/c1-29-20-6-4-3-5-15(20)13-22(26)24-17-9-12-21(30-2)19(14-17)25-31(27,28)18-10-7-16(23)8-11-18/h3-12,14,25H,13H2,1-2H3,(H,24,26). The lowest BCUT2D eigenvalue weighted by Gasteiger charge is -2.14. The van der Waals surface area contributed by atoms with Gasteiger partial charge in [-0.05, 0) is 48.5 Å². The smallest absolute Gasteiger partial charge is 0.262 e. The first kappa shape index (κ1) is 22.1. The average Bonchev–Trinajstić information content (AvgIpc) is 2.74. The quantitative estimate of drug-likeness (QED) is 0.551. The van der Waals surface area contributed by atoms with Crippen molar-refractivity contribution in [2.45, 2.75) is 11.3 Å². The van der Waals surface area contributed by atoms with Crippen LogP contribution in [0.1, 0.15) is 5.56 Å². The van der Waals surface area contributed by atoms with Crippen molar-refractivity contribution in [1.82, 2.24) is 0 Å². The Morgan fingerprint density at radius 1 is 0.935 bits per heavy atom. The zero-order chi connectivity index (χ0) is 22.4. The van der Waals surface area contributed by atoms with E-state index in [9.17, 15) is 17.6 Å². The zero-order valence-electron chi connectivity index (χ0n) is 16.9. The third kappa shape index (κ3) is 5.52. The van der Waals surface area contributed by atoms with E-state index in [0.717, 1.165) is 24.3 Å². The molecule has 7 nitrogen and oxygen atoms in total. The predicted molar refractivity (Wildman–Crippen MR) is 116 cm³/mol. The van der Waals surface area contributed by atoms with E-state index in [2.05, 4.69) is 10.0 Å². The molecule has 0 radical (unpaired) electrons. The van der Waals surface area contributed by atoms with Crippen LogP contribution in [0.3, 0.4) is 0 Å². The van der Waals surface area contributed by atoms with Crippen LogP contribution in [-0.4, -0.2) is 28.5 Å². The third-order valence-corrected chi connectivity index (χ3v) is 5.78. The largest absolute Gasteiger partial charge is 0.496 e. The summed E-state index contributed by atoms with van der Waals surface area (Å²) < 4.78 is 51.3. The maximum absolute atomic E-state index is 13.1. The van der Waals surface area contributed by atoms with Crippen LogP contribution in [-0.2, 0) is 21.2 Å². The number of para-hydroxylation sites is 1. The number of halogens is 1. The molecule has 0 aliphatic heterocycles. The fourth-order valence-electron chi connectivity index (χ4n) is 2.91. The monoisotopic (exact) mass is 444 g/mol. The molecule has 3 aromatic carbocycles. The first-order chi connectivity index (χ1) is 14.8. The number of carbonyl (C=O) groups is 1. The van der Waals surface area contributed by atoms with Gasteiger partial charge in [0.25, 0.3) is 10.0 Å². The molecule has 0 unspecified atom stereocenters. The minimum atomic E-state index is -3.99. The summed E-state index contributed by atoms with van der Waals surface area (Å²) in [6.45, 7) is 0. The molecule has 3 aromatic rings. The summed E-state index contributed by atoms with van der Waals surface area (Å²) in [4.78, 5) is 12.4. The van der Waals surface area contributed by atoms with Crippen molar-refractivity contribution in [3.8, 4) is 11.5 Å². The van der Waals surface area contributed by atoms with Crippen molar-refractivity contribution >= 4 is 27.3 Å². The summed E-state index contributed by atoms with van der Waals surface area (Å²) in [5, 5.41) is 2.73. The maximum atomic E-state index is 13.1. The molecule has 1 amide bonds. The van der Waals surface area contributed by atoms with Gasteiger partial charge in [0.2, 0.25) is 5.91 Å². The van der Waals surface area contributed by atoms with Gasteiger partial charge in [-0.25, -0.2) is 12.8 Å². The minimum absolute atomic E-state index is 0.0761. The van der Waals surface area contributed by atoms with Crippen LogP contribution >= 0.6 is 0 Å². The zero-order valence-corrected chi connectivity index (χ0v) is 17.7. The van der Waals surface area contributed by atoms with Crippen molar-refractivity contribution in [2.75, 3.05) is 24.3 Å². The fraction of sp³-hybridized carbons (Fsp3) is 0.136. The molecule has 0 fully saturated rings. The molecule has 31 heavy (non-hydrogen) atoms. The molecule has 0 aromatic heterocycles. The Balaban J connectivity index is 1.80. The first-order valence-corrected chi connectivity index (χ1v) is 10.7. The molecular weight excluding hydrogens is 423 g/mol. The highest BCUT2D eigenvalue weighted by atomic mass is 32.2. The molecule has 0 saturated carbocycles. The van der Waals surface area contributed by atoms with E-state index < -0.39 is 15.8 Å². The number of carbonyl (C=O) groups excluding carboxylic acids is 1. The lowest BCUT2D eigenvalue weighted by Crippen LogP contribution is -2.16. The topological polar surface area (TPSA) is 93.7 Å². The number of hydrogen-bond donors (Lipinski definition) is 2. The molecule has 0 spiro atoms. The van der Waals surface area contributed by atoms with Gasteiger partial charge in [-0.15, -0.1) is 0 Å². The van der Waals surface area contributed by atoms with Gasteiger partial charge in [-0.2, -0.15) is 0 Å². The maximum Gasteiger partial charge on any atom is 0.262 e. The summed E-state index contributed by atoms with van der Waals surface area (Å²) in [6, 6.07) is 16.2. The molecule has 0 aliphatic rings. The van der Waals surface area contributed by atoms with E-state index in [1.807, 2.05) is 6.07 Å². The predicted octanol–water partition coefficient (Wildman–Crippen LogP) is 3.82. The summed E-state index contributed by atoms with van der Waals surface area (Å²) >= 11 is 0.